The highest BCUT2D eigenvalue weighted by molar-refractivity contribution is 5.30. The van der Waals surface area contributed by atoms with E-state index in [-0.39, 0.29) is 0 Å². The summed E-state index contributed by atoms with van der Waals surface area (Å²) in [4.78, 5) is 2.37. The zero-order valence-electron chi connectivity index (χ0n) is 11.9. The van der Waals surface area contributed by atoms with Crippen LogP contribution in [0.4, 0.5) is 0 Å². The fourth-order valence-corrected chi connectivity index (χ4v) is 1.94. The number of nitrogens with one attached hydrogen (secondary N) is 1. The van der Waals surface area contributed by atoms with E-state index >= 15 is 0 Å². The van der Waals surface area contributed by atoms with Crippen LogP contribution in [0.15, 0.2) is 18.2 Å². The predicted octanol–water partition coefficient (Wildman–Crippen LogP) is 2.73. The van der Waals surface area contributed by atoms with Crippen LogP contribution < -0.4 is 5.32 Å². The summed E-state index contributed by atoms with van der Waals surface area (Å²) in [5.74, 6) is 0. The molecule has 0 unspecified atom stereocenters. The molecule has 0 aliphatic rings. The first-order valence-corrected chi connectivity index (χ1v) is 6.47. The van der Waals surface area contributed by atoms with Crippen LogP contribution in [0.5, 0.6) is 0 Å². The molecular weight excluding hydrogens is 208 g/mol. The molecule has 1 aromatic carbocycles. The Kier molecular flexibility index (Phi) is 5.66. The van der Waals surface area contributed by atoms with Gasteiger partial charge in [0.15, 0.2) is 0 Å². The van der Waals surface area contributed by atoms with Crippen molar-refractivity contribution in [1.29, 1.82) is 0 Å². The molecule has 2 heteroatoms. The first-order chi connectivity index (χ1) is 7.99. The van der Waals surface area contributed by atoms with Crippen LogP contribution in [-0.4, -0.2) is 31.1 Å². The Bertz CT molecular complexity index is 345. The average molecular weight is 234 g/mol. The molecule has 0 heterocycles. The molecule has 1 rings (SSSR count). The summed E-state index contributed by atoms with van der Waals surface area (Å²) in [6.07, 6.45) is 0. The van der Waals surface area contributed by atoms with Gasteiger partial charge in [-0.25, -0.2) is 0 Å². The summed E-state index contributed by atoms with van der Waals surface area (Å²) in [5.41, 5.74) is 4.17. The summed E-state index contributed by atoms with van der Waals surface area (Å²) in [5, 5.41) is 3.44. The molecule has 0 fully saturated rings. The van der Waals surface area contributed by atoms with Gasteiger partial charge in [-0.2, -0.15) is 0 Å². The van der Waals surface area contributed by atoms with Gasteiger partial charge >= 0.3 is 0 Å². The fraction of sp³-hybridized carbons (Fsp3) is 0.600. The molecule has 1 aromatic rings. The number of benzene rings is 1. The SMILES string of the molecule is Cc1ccc(CN(C)CCNC(C)C)c(C)c1. The minimum absolute atomic E-state index is 0.574. The summed E-state index contributed by atoms with van der Waals surface area (Å²) in [6.45, 7) is 11.9. The van der Waals surface area contributed by atoms with E-state index < -0.39 is 0 Å². The van der Waals surface area contributed by atoms with E-state index in [1.165, 1.54) is 16.7 Å². The third kappa shape index (κ3) is 5.33. The highest BCUT2D eigenvalue weighted by Gasteiger charge is 2.03. The number of rotatable bonds is 6. The molecule has 17 heavy (non-hydrogen) atoms. The molecule has 2 nitrogen and oxygen atoms in total. The van der Waals surface area contributed by atoms with E-state index in [4.69, 9.17) is 0 Å². The lowest BCUT2D eigenvalue weighted by Gasteiger charge is -2.19. The Morgan fingerprint density at radius 1 is 1.24 bits per heavy atom. The molecule has 0 saturated carbocycles. The van der Waals surface area contributed by atoms with Crippen molar-refractivity contribution in [2.24, 2.45) is 0 Å². The average Bonchev–Trinajstić information content (AvgIpc) is 2.21. The van der Waals surface area contributed by atoms with E-state index in [9.17, 15) is 0 Å². The summed E-state index contributed by atoms with van der Waals surface area (Å²) in [7, 11) is 2.18. The second kappa shape index (κ2) is 6.77. The molecule has 0 radical (unpaired) electrons. The number of nitrogens with zero attached hydrogens (tertiary/aromatic N) is 1. The number of likely N-dealkylation sites (N-methyl/N-ethyl adjacent to an activating group) is 1. The maximum atomic E-state index is 3.44. The molecule has 0 aliphatic heterocycles. The van der Waals surface area contributed by atoms with Crippen molar-refractivity contribution in [3.8, 4) is 0 Å². The summed E-state index contributed by atoms with van der Waals surface area (Å²) in [6, 6.07) is 7.28. The van der Waals surface area contributed by atoms with E-state index in [1.807, 2.05) is 0 Å². The quantitative estimate of drug-likeness (QED) is 0.814. The van der Waals surface area contributed by atoms with E-state index in [0.29, 0.717) is 6.04 Å². The second-order valence-corrected chi connectivity index (χ2v) is 5.28. The largest absolute Gasteiger partial charge is 0.313 e. The molecule has 1 N–H and O–H groups in total. The first-order valence-electron chi connectivity index (χ1n) is 6.47. The first kappa shape index (κ1) is 14.2. The third-order valence-electron chi connectivity index (χ3n) is 2.98. The zero-order valence-corrected chi connectivity index (χ0v) is 11.9. The van der Waals surface area contributed by atoms with Gasteiger partial charge in [-0.05, 0) is 32.0 Å². The van der Waals surface area contributed by atoms with Crippen LogP contribution in [0.1, 0.15) is 30.5 Å². The molecule has 0 spiro atoms. The monoisotopic (exact) mass is 234 g/mol. The van der Waals surface area contributed by atoms with Crippen molar-refractivity contribution in [1.82, 2.24) is 10.2 Å². The molecule has 0 amide bonds. The number of hydrogen-bond donors (Lipinski definition) is 1. The number of aryl methyl sites for hydroxylation is 2. The smallest absolute Gasteiger partial charge is 0.0233 e. The van der Waals surface area contributed by atoms with E-state index in [0.717, 1.165) is 19.6 Å². The number of hydrogen-bond acceptors (Lipinski definition) is 2. The van der Waals surface area contributed by atoms with Crippen molar-refractivity contribution < 1.29 is 0 Å². The predicted molar refractivity (Wildman–Crippen MR) is 75.4 cm³/mol. The Hall–Kier alpha value is -0.860. The molecule has 0 aromatic heterocycles. The van der Waals surface area contributed by atoms with E-state index in [2.05, 4.69) is 63.2 Å². The molecule has 96 valence electrons. The topological polar surface area (TPSA) is 15.3 Å². The molecule has 0 bridgehead atoms. The summed E-state index contributed by atoms with van der Waals surface area (Å²) >= 11 is 0. The molecular formula is C15H26N2. The Balaban J connectivity index is 2.42. The third-order valence-corrected chi connectivity index (χ3v) is 2.98. The van der Waals surface area contributed by atoms with Gasteiger partial charge in [0, 0.05) is 25.7 Å². The van der Waals surface area contributed by atoms with Gasteiger partial charge in [0.1, 0.15) is 0 Å². The minimum Gasteiger partial charge on any atom is -0.313 e. The lowest BCUT2D eigenvalue weighted by molar-refractivity contribution is 0.319. The van der Waals surface area contributed by atoms with Crippen LogP contribution in [-0.2, 0) is 6.54 Å². The normalized spacial score (nSPS) is 11.5. The van der Waals surface area contributed by atoms with Crippen molar-refractivity contribution in [3.05, 3.63) is 34.9 Å². The standard InChI is InChI=1S/C15H26N2/c1-12(2)16-8-9-17(5)11-15-7-6-13(3)10-14(15)4/h6-7,10,12,16H,8-9,11H2,1-5H3. The van der Waals surface area contributed by atoms with Crippen molar-refractivity contribution in [3.63, 3.8) is 0 Å². The maximum Gasteiger partial charge on any atom is 0.0233 e. The van der Waals surface area contributed by atoms with Crippen LogP contribution in [0.25, 0.3) is 0 Å². The maximum absolute atomic E-state index is 3.44. The van der Waals surface area contributed by atoms with Gasteiger partial charge in [-0.15, -0.1) is 0 Å². The Morgan fingerprint density at radius 3 is 2.53 bits per heavy atom. The van der Waals surface area contributed by atoms with Crippen molar-refractivity contribution in [2.45, 2.75) is 40.3 Å². The van der Waals surface area contributed by atoms with Gasteiger partial charge in [-0.3, -0.25) is 0 Å². The fourth-order valence-electron chi connectivity index (χ4n) is 1.94. The highest BCUT2D eigenvalue weighted by Crippen LogP contribution is 2.12. The van der Waals surface area contributed by atoms with Gasteiger partial charge < -0.3 is 10.2 Å². The van der Waals surface area contributed by atoms with Crippen LogP contribution in [0.3, 0.4) is 0 Å². The Labute approximate surface area is 106 Å². The van der Waals surface area contributed by atoms with Gasteiger partial charge in [-0.1, -0.05) is 37.6 Å². The van der Waals surface area contributed by atoms with E-state index in [1.54, 1.807) is 0 Å². The van der Waals surface area contributed by atoms with Crippen LogP contribution >= 0.6 is 0 Å². The zero-order chi connectivity index (χ0) is 12.8. The Morgan fingerprint density at radius 2 is 1.94 bits per heavy atom. The van der Waals surface area contributed by atoms with Gasteiger partial charge in [0.25, 0.3) is 0 Å². The molecule has 0 aliphatic carbocycles. The second-order valence-electron chi connectivity index (χ2n) is 5.28. The van der Waals surface area contributed by atoms with Crippen LogP contribution in [0.2, 0.25) is 0 Å². The molecule has 0 saturated heterocycles. The summed E-state index contributed by atoms with van der Waals surface area (Å²) < 4.78 is 0. The molecule has 0 atom stereocenters. The lowest BCUT2D eigenvalue weighted by atomic mass is 10.1. The van der Waals surface area contributed by atoms with Crippen molar-refractivity contribution >= 4 is 0 Å². The lowest BCUT2D eigenvalue weighted by Crippen LogP contribution is -2.32. The highest BCUT2D eigenvalue weighted by atomic mass is 15.1. The van der Waals surface area contributed by atoms with Gasteiger partial charge in [0.05, 0.1) is 0 Å². The van der Waals surface area contributed by atoms with Crippen molar-refractivity contribution in [2.75, 3.05) is 20.1 Å². The van der Waals surface area contributed by atoms with Gasteiger partial charge in [0.2, 0.25) is 0 Å². The minimum atomic E-state index is 0.574. The van der Waals surface area contributed by atoms with Crippen LogP contribution in [0, 0.1) is 13.8 Å².